The zero-order valence-electron chi connectivity index (χ0n) is 23.6. The summed E-state index contributed by atoms with van der Waals surface area (Å²) in [4.78, 5) is 32.0. The first-order valence-corrected chi connectivity index (χ1v) is 14.2. The number of para-hydroxylation sites is 1. The molecule has 40 heavy (non-hydrogen) atoms. The molecule has 1 aliphatic heterocycles. The van der Waals surface area contributed by atoms with Gasteiger partial charge in [-0.3, -0.25) is 9.36 Å². The second-order valence-corrected chi connectivity index (χ2v) is 10.7. The number of ether oxygens (including phenoxy) is 3. The van der Waals surface area contributed by atoms with Crippen molar-refractivity contribution >= 4 is 34.3 Å². The van der Waals surface area contributed by atoms with E-state index in [9.17, 15) is 9.59 Å². The van der Waals surface area contributed by atoms with Crippen LogP contribution in [-0.2, 0) is 9.53 Å². The van der Waals surface area contributed by atoms with E-state index < -0.39 is 12.0 Å². The van der Waals surface area contributed by atoms with Gasteiger partial charge in [0.2, 0.25) is 0 Å². The third-order valence-electron chi connectivity index (χ3n) is 7.00. The van der Waals surface area contributed by atoms with Gasteiger partial charge in [0.25, 0.3) is 5.56 Å². The molecule has 0 bridgehead atoms. The van der Waals surface area contributed by atoms with Crippen molar-refractivity contribution in [2.75, 3.05) is 20.3 Å². The standard InChI is InChI=1S/C31H33N3O5S/c1-7-38-25-14-13-20(15-26(25)39-8-2)28-23(30(36)37-6)17-32-31-34(28)29(35)27(40-31)16-22-19(5)33(18(3)4)24-12-10-9-11-21(22)24/h9-18,28H,7-8H2,1-6H3/b27-16+/t28-/m0/s1. The van der Waals surface area contributed by atoms with Gasteiger partial charge in [0.1, 0.15) is 0 Å². The summed E-state index contributed by atoms with van der Waals surface area (Å²) in [5, 5.41) is 1.08. The highest BCUT2D eigenvalue weighted by Crippen LogP contribution is 2.35. The molecule has 5 rings (SSSR count). The number of hydrogen-bond donors (Lipinski definition) is 0. The molecule has 0 N–H and O–H groups in total. The molecule has 2 aromatic heterocycles. The molecule has 4 aromatic rings. The predicted molar refractivity (Wildman–Crippen MR) is 157 cm³/mol. The molecule has 1 aliphatic rings. The van der Waals surface area contributed by atoms with E-state index in [1.807, 2.05) is 44.2 Å². The van der Waals surface area contributed by atoms with Gasteiger partial charge in [0, 0.05) is 34.4 Å². The number of carbonyl (C=O) groups is 1. The number of hydrogen-bond acceptors (Lipinski definition) is 7. The first-order chi connectivity index (χ1) is 19.3. The maximum atomic E-state index is 14.1. The van der Waals surface area contributed by atoms with Gasteiger partial charge >= 0.3 is 5.97 Å². The number of fused-ring (bicyclic) bond motifs is 2. The van der Waals surface area contributed by atoms with E-state index >= 15 is 0 Å². The van der Waals surface area contributed by atoms with Crippen molar-refractivity contribution in [3.63, 3.8) is 0 Å². The van der Waals surface area contributed by atoms with Crippen molar-refractivity contribution in [1.82, 2.24) is 9.13 Å². The topological polar surface area (TPSA) is 84.0 Å². The van der Waals surface area contributed by atoms with Crippen molar-refractivity contribution in [3.8, 4) is 11.5 Å². The molecule has 2 aromatic carbocycles. The molecule has 0 fully saturated rings. The molecule has 0 saturated heterocycles. The summed E-state index contributed by atoms with van der Waals surface area (Å²) in [5.41, 5.74) is 3.94. The van der Waals surface area contributed by atoms with Gasteiger partial charge in [0.05, 0.1) is 36.5 Å². The maximum absolute atomic E-state index is 14.1. The number of carbonyl (C=O) groups excluding carboxylic acids is 1. The summed E-state index contributed by atoms with van der Waals surface area (Å²) in [6.45, 7) is 11.1. The molecule has 0 radical (unpaired) electrons. The molecule has 0 amide bonds. The summed E-state index contributed by atoms with van der Waals surface area (Å²) in [5.74, 6) is 0.592. The molecule has 9 heteroatoms. The number of rotatable bonds is 8. The van der Waals surface area contributed by atoms with Crippen LogP contribution < -0.4 is 24.4 Å². The fourth-order valence-corrected chi connectivity index (χ4v) is 6.33. The Morgan fingerprint density at radius 1 is 1.10 bits per heavy atom. The van der Waals surface area contributed by atoms with Crippen molar-refractivity contribution in [3.05, 3.63) is 90.7 Å². The Labute approximate surface area is 236 Å². The van der Waals surface area contributed by atoms with Crippen molar-refractivity contribution in [2.45, 2.75) is 46.7 Å². The predicted octanol–water partition coefficient (Wildman–Crippen LogP) is 4.66. The van der Waals surface area contributed by atoms with E-state index in [1.54, 1.807) is 10.6 Å². The molecule has 0 unspecified atom stereocenters. The summed E-state index contributed by atoms with van der Waals surface area (Å²) in [7, 11) is 1.32. The number of methoxy groups -OCH3 is 1. The number of benzene rings is 2. The van der Waals surface area contributed by atoms with Gasteiger partial charge < -0.3 is 18.8 Å². The second kappa shape index (κ2) is 11.2. The van der Waals surface area contributed by atoms with Gasteiger partial charge in [-0.1, -0.05) is 35.6 Å². The Kier molecular flexibility index (Phi) is 7.67. The number of thiazole rings is 1. The molecule has 0 saturated carbocycles. The smallest absolute Gasteiger partial charge is 0.337 e. The fourth-order valence-electron chi connectivity index (χ4n) is 5.38. The summed E-state index contributed by atoms with van der Waals surface area (Å²) in [6.07, 6.45) is 3.45. The molecule has 8 nitrogen and oxygen atoms in total. The molecule has 208 valence electrons. The molecular formula is C31H33N3O5S. The SMILES string of the molecule is CCOc1ccc([C@H]2C(C(=O)OC)=CN=c3s/c(=C/c4c(C)n(C(C)C)c5ccccc45)c(=O)n32)cc1OCC. The Hall–Kier alpha value is -4.11. The van der Waals surface area contributed by atoms with E-state index in [4.69, 9.17) is 14.2 Å². The first kappa shape index (κ1) is 27.5. The number of nitrogens with zero attached hydrogens (tertiary/aromatic N) is 3. The highest BCUT2D eigenvalue weighted by molar-refractivity contribution is 7.07. The van der Waals surface area contributed by atoms with E-state index in [1.165, 1.54) is 24.6 Å². The van der Waals surface area contributed by atoms with Gasteiger partial charge in [-0.05, 0) is 64.5 Å². The normalized spacial score (nSPS) is 15.1. The minimum absolute atomic E-state index is 0.226. The lowest BCUT2D eigenvalue weighted by Gasteiger charge is -2.23. The van der Waals surface area contributed by atoms with Gasteiger partial charge in [-0.15, -0.1) is 0 Å². The highest BCUT2D eigenvalue weighted by Gasteiger charge is 2.31. The summed E-state index contributed by atoms with van der Waals surface area (Å²) < 4.78 is 21.1. The minimum Gasteiger partial charge on any atom is -0.490 e. The van der Waals surface area contributed by atoms with Crippen molar-refractivity contribution in [2.24, 2.45) is 4.99 Å². The largest absolute Gasteiger partial charge is 0.490 e. The van der Waals surface area contributed by atoms with Crippen molar-refractivity contribution in [1.29, 1.82) is 0 Å². The van der Waals surface area contributed by atoms with E-state index in [0.29, 0.717) is 39.6 Å². The van der Waals surface area contributed by atoms with Crippen LogP contribution in [0.15, 0.2) is 64.0 Å². The lowest BCUT2D eigenvalue weighted by Crippen LogP contribution is -2.39. The molecule has 1 atom stereocenters. The zero-order chi connectivity index (χ0) is 28.6. The average molecular weight is 560 g/mol. The molecular weight excluding hydrogens is 526 g/mol. The average Bonchev–Trinajstić information content (AvgIpc) is 3.42. The fraction of sp³-hybridized carbons (Fsp3) is 0.323. The Balaban J connectivity index is 1.73. The van der Waals surface area contributed by atoms with Crippen LogP contribution in [0.25, 0.3) is 17.0 Å². The summed E-state index contributed by atoms with van der Waals surface area (Å²) >= 11 is 1.30. The van der Waals surface area contributed by atoms with E-state index in [2.05, 4.69) is 42.5 Å². The first-order valence-electron chi connectivity index (χ1n) is 13.4. The van der Waals surface area contributed by atoms with Crippen molar-refractivity contribution < 1.29 is 19.0 Å². The van der Waals surface area contributed by atoms with E-state index in [0.717, 1.165) is 22.2 Å². The quantitative estimate of drug-likeness (QED) is 0.293. The highest BCUT2D eigenvalue weighted by atomic mass is 32.1. The second-order valence-electron chi connectivity index (χ2n) is 9.73. The molecule has 3 heterocycles. The van der Waals surface area contributed by atoms with Crippen LogP contribution in [0.2, 0.25) is 0 Å². The van der Waals surface area contributed by atoms with Crippen LogP contribution in [0.3, 0.4) is 0 Å². The Bertz CT molecular complexity index is 1810. The van der Waals surface area contributed by atoms with Gasteiger partial charge in [-0.25, -0.2) is 9.79 Å². The number of aromatic nitrogens is 2. The molecule has 0 aliphatic carbocycles. The van der Waals surface area contributed by atoms with Crippen LogP contribution in [-0.4, -0.2) is 35.4 Å². The van der Waals surface area contributed by atoms with Crippen LogP contribution in [0.4, 0.5) is 0 Å². The minimum atomic E-state index is -0.737. The van der Waals surface area contributed by atoms with Gasteiger partial charge in [0.15, 0.2) is 16.3 Å². The van der Waals surface area contributed by atoms with Crippen LogP contribution in [0.5, 0.6) is 11.5 Å². The summed E-state index contributed by atoms with van der Waals surface area (Å²) in [6, 6.07) is 13.2. The maximum Gasteiger partial charge on any atom is 0.337 e. The Morgan fingerprint density at radius 2 is 1.82 bits per heavy atom. The third kappa shape index (κ3) is 4.64. The third-order valence-corrected chi connectivity index (χ3v) is 8.00. The molecule has 0 spiro atoms. The zero-order valence-corrected chi connectivity index (χ0v) is 24.4. The Morgan fingerprint density at radius 3 is 2.52 bits per heavy atom. The van der Waals surface area contributed by atoms with Gasteiger partial charge in [-0.2, -0.15) is 0 Å². The lowest BCUT2D eigenvalue weighted by atomic mass is 9.97. The lowest BCUT2D eigenvalue weighted by molar-refractivity contribution is -0.136. The number of esters is 1. The van der Waals surface area contributed by atoms with Crippen LogP contribution in [0.1, 0.15) is 56.6 Å². The van der Waals surface area contributed by atoms with Crippen LogP contribution in [0, 0.1) is 6.92 Å². The van der Waals surface area contributed by atoms with E-state index in [-0.39, 0.29) is 17.2 Å². The monoisotopic (exact) mass is 559 g/mol. The van der Waals surface area contributed by atoms with Crippen LogP contribution >= 0.6 is 11.3 Å².